The van der Waals surface area contributed by atoms with Crippen LogP contribution in [0.4, 0.5) is 0 Å². The molecule has 1 aromatic carbocycles. The Hall–Kier alpha value is -1.04. The zero-order valence-electron chi connectivity index (χ0n) is 10.1. The number of nitrogens with two attached hydrogens (primary N) is 1. The van der Waals surface area contributed by atoms with Crippen LogP contribution >= 0.6 is 27.3 Å². The molecule has 0 amide bonds. The van der Waals surface area contributed by atoms with Gasteiger partial charge in [-0.05, 0) is 39.7 Å². The van der Waals surface area contributed by atoms with Crippen molar-refractivity contribution in [2.24, 2.45) is 5.73 Å². The van der Waals surface area contributed by atoms with Gasteiger partial charge in [-0.1, -0.05) is 6.07 Å². The Labute approximate surface area is 119 Å². The summed E-state index contributed by atoms with van der Waals surface area (Å²) in [4.78, 5) is 1.11. The summed E-state index contributed by atoms with van der Waals surface area (Å²) in [7, 11) is 3.24. The number of rotatable bonds is 4. The maximum absolute atomic E-state index is 6.24. The quantitative estimate of drug-likeness (QED) is 0.933. The summed E-state index contributed by atoms with van der Waals surface area (Å²) < 4.78 is 11.5. The molecular weight excluding hydrogens is 314 g/mol. The van der Waals surface area contributed by atoms with Gasteiger partial charge in [0.15, 0.2) is 11.5 Å². The Morgan fingerprint density at radius 1 is 1.17 bits per heavy atom. The van der Waals surface area contributed by atoms with Crippen LogP contribution in [0.15, 0.2) is 34.1 Å². The van der Waals surface area contributed by atoms with E-state index >= 15 is 0 Å². The van der Waals surface area contributed by atoms with Gasteiger partial charge in [0.25, 0.3) is 0 Å². The third kappa shape index (κ3) is 2.68. The maximum atomic E-state index is 6.24. The minimum atomic E-state index is -0.152. The van der Waals surface area contributed by atoms with E-state index in [1.165, 1.54) is 0 Å². The van der Waals surface area contributed by atoms with Crippen molar-refractivity contribution in [1.82, 2.24) is 0 Å². The number of ether oxygens (including phenoxy) is 2. The fraction of sp³-hybridized carbons (Fsp3) is 0.231. The minimum absolute atomic E-state index is 0.152. The van der Waals surface area contributed by atoms with Crippen molar-refractivity contribution in [3.8, 4) is 11.5 Å². The molecule has 0 saturated carbocycles. The molecule has 0 bridgehead atoms. The molecule has 18 heavy (non-hydrogen) atoms. The third-order valence-electron chi connectivity index (χ3n) is 2.66. The fourth-order valence-electron chi connectivity index (χ4n) is 1.70. The van der Waals surface area contributed by atoms with E-state index in [1.54, 1.807) is 25.6 Å². The second kappa shape index (κ2) is 5.73. The fourth-order valence-corrected chi connectivity index (χ4v) is 3.17. The maximum Gasteiger partial charge on any atom is 0.161 e. The Morgan fingerprint density at radius 2 is 1.89 bits per heavy atom. The first-order valence-electron chi connectivity index (χ1n) is 5.37. The second-order valence-electron chi connectivity index (χ2n) is 3.76. The summed E-state index contributed by atoms with van der Waals surface area (Å²) in [6, 6.07) is 7.63. The first-order valence-corrected chi connectivity index (χ1v) is 7.04. The highest BCUT2D eigenvalue weighted by Gasteiger charge is 2.14. The molecule has 1 atom stereocenters. The molecule has 2 N–H and O–H groups in total. The summed E-state index contributed by atoms with van der Waals surface area (Å²) in [5.74, 6) is 1.40. The number of halogens is 1. The molecule has 1 aromatic heterocycles. The average Bonchev–Trinajstić information content (AvgIpc) is 2.83. The smallest absolute Gasteiger partial charge is 0.161 e. The van der Waals surface area contributed by atoms with Crippen LogP contribution in [0.3, 0.4) is 0 Å². The van der Waals surface area contributed by atoms with Gasteiger partial charge < -0.3 is 15.2 Å². The molecule has 96 valence electrons. The summed E-state index contributed by atoms with van der Waals surface area (Å²) in [5.41, 5.74) is 7.24. The second-order valence-corrected chi connectivity index (χ2v) is 5.62. The lowest BCUT2D eigenvalue weighted by Gasteiger charge is -2.13. The van der Waals surface area contributed by atoms with Crippen LogP contribution in [-0.4, -0.2) is 14.2 Å². The van der Waals surface area contributed by atoms with E-state index in [2.05, 4.69) is 15.9 Å². The van der Waals surface area contributed by atoms with E-state index in [0.717, 1.165) is 14.9 Å². The molecule has 1 unspecified atom stereocenters. The van der Waals surface area contributed by atoms with Gasteiger partial charge in [0.1, 0.15) is 0 Å². The van der Waals surface area contributed by atoms with Crippen LogP contribution in [-0.2, 0) is 0 Å². The molecule has 1 heterocycles. The van der Waals surface area contributed by atoms with E-state index in [4.69, 9.17) is 15.2 Å². The number of benzene rings is 1. The summed E-state index contributed by atoms with van der Waals surface area (Å²) in [6.45, 7) is 0. The lowest BCUT2D eigenvalue weighted by molar-refractivity contribution is 0.354. The van der Waals surface area contributed by atoms with E-state index < -0.39 is 0 Å². The molecule has 0 fully saturated rings. The highest BCUT2D eigenvalue weighted by atomic mass is 79.9. The molecule has 0 saturated heterocycles. The largest absolute Gasteiger partial charge is 0.493 e. The summed E-state index contributed by atoms with van der Waals surface area (Å²) in [6.07, 6.45) is 0. The van der Waals surface area contributed by atoms with Gasteiger partial charge in [-0.3, -0.25) is 0 Å². The summed E-state index contributed by atoms with van der Waals surface area (Å²) in [5, 5.41) is 2.02. The van der Waals surface area contributed by atoms with Gasteiger partial charge in [0.2, 0.25) is 0 Å². The van der Waals surface area contributed by atoms with Crippen molar-refractivity contribution in [2.45, 2.75) is 6.04 Å². The zero-order valence-corrected chi connectivity index (χ0v) is 12.5. The van der Waals surface area contributed by atoms with E-state index in [1.807, 2.05) is 29.6 Å². The van der Waals surface area contributed by atoms with Gasteiger partial charge in [0, 0.05) is 14.7 Å². The third-order valence-corrected chi connectivity index (χ3v) is 4.44. The van der Waals surface area contributed by atoms with Crippen molar-refractivity contribution in [3.05, 3.63) is 44.6 Å². The van der Waals surface area contributed by atoms with Crippen LogP contribution < -0.4 is 15.2 Å². The lowest BCUT2D eigenvalue weighted by Crippen LogP contribution is -2.10. The van der Waals surface area contributed by atoms with Gasteiger partial charge in [0.05, 0.1) is 20.3 Å². The van der Waals surface area contributed by atoms with Crippen LogP contribution in [0, 0.1) is 0 Å². The average molecular weight is 328 g/mol. The monoisotopic (exact) mass is 327 g/mol. The molecule has 0 aliphatic carbocycles. The number of hydrogen-bond acceptors (Lipinski definition) is 4. The predicted molar refractivity (Wildman–Crippen MR) is 77.6 cm³/mol. The van der Waals surface area contributed by atoms with Gasteiger partial charge in [-0.25, -0.2) is 0 Å². The molecule has 0 spiro atoms. The Bertz CT molecular complexity index is 542. The Balaban J connectivity index is 2.33. The van der Waals surface area contributed by atoms with Gasteiger partial charge in [-0.2, -0.15) is 0 Å². The Kier molecular flexibility index (Phi) is 4.27. The minimum Gasteiger partial charge on any atom is -0.493 e. The zero-order chi connectivity index (χ0) is 13.1. The predicted octanol–water partition coefficient (Wildman–Crippen LogP) is 3.58. The highest BCUT2D eigenvalue weighted by molar-refractivity contribution is 9.10. The first-order chi connectivity index (χ1) is 8.65. The number of hydrogen-bond donors (Lipinski definition) is 1. The molecule has 0 aliphatic rings. The summed E-state index contributed by atoms with van der Waals surface area (Å²) >= 11 is 5.07. The van der Waals surface area contributed by atoms with E-state index in [9.17, 15) is 0 Å². The molecular formula is C13H14BrNO2S. The van der Waals surface area contributed by atoms with Crippen molar-refractivity contribution in [1.29, 1.82) is 0 Å². The molecule has 2 rings (SSSR count). The molecule has 3 nitrogen and oxygen atoms in total. The first kappa shape index (κ1) is 13.4. The molecule has 0 aliphatic heterocycles. The van der Waals surface area contributed by atoms with Crippen LogP contribution in [0.1, 0.15) is 16.5 Å². The number of methoxy groups -OCH3 is 2. The van der Waals surface area contributed by atoms with Crippen molar-refractivity contribution < 1.29 is 9.47 Å². The van der Waals surface area contributed by atoms with Gasteiger partial charge in [-0.15, -0.1) is 11.3 Å². The van der Waals surface area contributed by atoms with Crippen LogP contribution in [0.25, 0.3) is 0 Å². The lowest BCUT2D eigenvalue weighted by atomic mass is 10.1. The van der Waals surface area contributed by atoms with E-state index in [-0.39, 0.29) is 6.04 Å². The Morgan fingerprint density at radius 3 is 2.44 bits per heavy atom. The van der Waals surface area contributed by atoms with Crippen molar-refractivity contribution in [3.63, 3.8) is 0 Å². The SMILES string of the molecule is COc1ccc(C(N)c2cc(Br)cs2)cc1OC. The van der Waals surface area contributed by atoms with Crippen molar-refractivity contribution in [2.75, 3.05) is 14.2 Å². The van der Waals surface area contributed by atoms with E-state index in [0.29, 0.717) is 11.5 Å². The van der Waals surface area contributed by atoms with Crippen LogP contribution in [0.2, 0.25) is 0 Å². The van der Waals surface area contributed by atoms with Crippen LogP contribution in [0.5, 0.6) is 11.5 Å². The standard InChI is InChI=1S/C13H14BrNO2S/c1-16-10-4-3-8(5-11(10)17-2)13(15)12-6-9(14)7-18-12/h3-7,13H,15H2,1-2H3. The molecule has 2 aromatic rings. The number of thiophene rings is 1. The topological polar surface area (TPSA) is 44.5 Å². The van der Waals surface area contributed by atoms with Crippen molar-refractivity contribution >= 4 is 27.3 Å². The highest BCUT2D eigenvalue weighted by Crippen LogP contribution is 2.33. The molecule has 5 heteroatoms. The molecule has 0 radical (unpaired) electrons. The van der Waals surface area contributed by atoms with Gasteiger partial charge >= 0.3 is 0 Å². The normalized spacial score (nSPS) is 12.2.